The summed E-state index contributed by atoms with van der Waals surface area (Å²) < 4.78 is 31.8. The fourth-order valence-electron chi connectivity index (χ4n) is 2.48. The molecule has 0 spiro atoms. The number of sulfonamides is 1. The van der Waals surface area contributed by atoms with E-state index in [2.05, 4.69) is 14.9 Å². The third-order valence-electron chi connectivity index (χ3n) is 4.13. The van der Waals surface area contributed by atoms with Crippen LogP contribution in [0, 0.1) is 10.1 Å². The number of non-ortho nitro benzene ring substituents is 1. The van der Waals surface area contributed by atoms with Crippen LogP contribution in [0.1, 0.15) is 31.0 Å². The molecule has 3 N–H and O–H groups in total. The monoisotopic (exact) mass is 367 g/mol. The average molecular weight is 367 g/mol. The number of rotatable bonds is 7. The second-order valence-corrected chi connectivity index (χ2v) is 7.69. The zero-order chi connectivity index (χ0) is 18.1. The van der Waals surface area contributed by atoms with Crippen molar-refractivity contribution in [1.29, 1.82) is 0 Å². The number of nitro groups is 1. The highest BCUT2D eigenvalue weighted by Crippen LogP contribution is 2.36. The number of nitro benzene ring substituents is 1. The Kier molecular flexibility index (Phi) is 4.54. The van der Waals surface area contributed by atoms with E-state index in [4.69, 9.17) is 10.3 Å². The Morgan fingerprint density at radius 3 is 2.80 bits per heavy atom. The lowest BCUT2D eigenvalue weighted by atomic mass is 9.77. The first-order valence-electron chi connectivity index (χ1n) is 7.66. The largest absolute Gasteiger partial charge is 0.339 e. The van der Waals surface area contributed by atoms with E-state index in [-0.39, 0.29) is 29.4 Å². The SMILES string of the molecule is NC1(c2noc(CCNS(=O)(=O)c3cccc([N+](=O)[O-])c3)n2)CCC1. The summed E-state index contributed by atoms with van der Waals surface area (Å²) in [6.07, 6.45) is 2.80. The van der Waals surface area contributed by atoms with E-state index in [0.29, 0.717) is 5.82 Å². The van der Waals surface area contributed by atoms with E-state index in [0.717, 1.165) is 25.3 Å². The summed E-state index contributed by atoms with van der Waals surface area (Å²) in [5.74, 6) is 0.726. The van der Waals surface area contributed by atoms with Gasteiger partial charge in [0.1, 0.15) is 0 Å². The Balaban J connectivity index is 1.61. The summed E-state index contributed by atoms with van der Waals surface area (Å²) in [7, 11) is -3.87. The maximum Gasteiger partial charge on any atom is 0.270 e. The summed E-state index contributed by atoms with van der Waals surface area (Å²) in [6.45, 7) is 0.0181. The number of nitrogens with zero attached hydrogens (tertiary/aromatic N) is 3. The van der Waals surface area contributed by atoms with Gasteiger partial charge in [-0.3, -0.25) is 10.1 Å². The van der Waals surface area contributed by atoms with Gasteiger partial charge in [0.05, 0.1) is 15.4 Å². The molecule has 3 rings (SSSR count). The molecule has 0 unspecified atom stereocenters. The third kappa shape index (κ3) is 3.67. The Morgan fingerprint density at radius 2 is 2.16 bits per heavy atom. The molecule has 1 saturated carbocycles. The molecule has 11 heteroatoms. The Hall–Kier alpha value is -2.37. The van der Waals surface area contributed by atoms with Crippen molar-refractivity contribution in [3.63, 3.8) is 0 Å². The second-order valence-electron chi connectivity index (χ2n) is 5.92. The van der Waals surface area contributed by atoms with Crippen molar-refractivity contribution < 1.29 is 17.9 Å². The van der Waals surface area contributed by atoms with Gasteiger partial charge in [-0.25, -0.2) is 13.1 Å². The fourth-order valence-corrected chi connectivity index (χ4v) is 3.55. The van der Waals surface area contributed by atoms with Crippen LogP contribution in [0.4, 0.5) is 5.69 Å². The van der Waals surface area contributed by atoms with E-state index in [1.165, 1.54) is 18.2 Å². The number of hydrogen-bond acceptors (Lipinski definition) is 8. The molecule has 1 aliphatic rings. The van der Waals surface area contributed by atoms with E-state index in [1.54, 1.807) is 0 Å². The molecule has 1 fully saturated rings. The van der Waals surface area contributed by atoms with Gasteiger partial charge in [0.2, 0.25) is 15.9 Å². The highest BCUT2D eigenvalue weighted by Gasteiger charge is 2.38. The molecule has 1 aromatic carbocycles. The van der Waals surface area contributed by atoms with E-state index in [1.807, 2.05) is 0 Å². The summed E-state index contributed by atoms with van der Waals surface area (Å²) in [4.78, 5) is 14.1. The number of hydrogen-bond donors (Lipinski definition) is 2. The Morgan fingerprint density at radius 1 is 1.40 bits per heavy atom. The van der Waals surface area contributed by atoms with Gasteiger partial charge in [-0.15, -0.1) is 0 Å². The molecule has 2 aromatic rings. The zero-order valence-corrected chi connectivity index (χ0v) is 14.0. The maximum atomic E-state index is 12.2. The maximum absolute atomic E-state index is 12.2. The average Bonchev–Trinajstić information content (AvgIpc) is 3.01. The van der Waals surface area contributed by atoms with Gasteiger partial charge in [-0.2, -0.15) is 4.98 Å². The predicted molar refractivity (Wildman–Crippen MR) is 86.0 cm³/mol. The lowest BCUT2D eigenvalue weighted by molar-refractivity contribution is -0.385. The van der Waals surface area contributed by atoms with Gasteiger partial charge in [-0.1, -0.05) is 11.2 Å². The first-order valence-corrected chi connectivity index (χ1v) is 9.15. The minimum atomic E-state index is -3.87. The van der Waals surface area contributed by atoms with Gasteiger partial charge in [0.25, 0.3) is 5.69 Å². The van der Waals surface area contributed by atoms with E-state index < -0.39 is 20.5 Å². The molecule has 0 radical (unpaired) electrons. The molecule has 10 nitrogen and oxygen atoms in total. The van der Waals surface area contributed by atoms with Crippen LogP contribution in [-0.2, 0) is 22.0 Å². The molecule has 1 aromatic heterocycles. The zero-order valence-electron chi connectivity index (χ0n) is 13.2. The minimum absolute atomic E-state index is 0.0181. The molecule has 0 amide bonds. The number of aromatic nitrogens is 2. The summed E-state index contributed by atoms with van der Waals surface area (Å²) in [6, 6.07) is 4.83. The van der Waals surface area contributed by atoms with Gasteiger partial charge >= 0.3 is 0 Å². The molecule has 1 heterocycles. The van der Waals surface area contributed by atoms with E-state index in [9.17, 15) is 18.5 Å². The van der Waals surface area contributed by atoms with Crippen LogP contribution in [0.25, 0.3) is 0 Å². The van der Waals surface area contributed by atoms with Crippen molar-refractivity contribution in [3.05, 3.63) is 46.1 Å². The predicted octanol–water partition coefficient (Wildman–Crippen LogP) is 0.837. The molecule has 0 atom stereocenters. The number of benzene rings is 1. The van der Waals surface area contributed by atoms with Crippen LogP contribution in [0.15, 0.2) is 33.7 Å². The van der Waals surface area contributed by atoms with Gasteiger partial charge in [0.15, 0.2) is 5.82 Å². The smallest absolute Gasteiger partial charge is 0.270 e. The van der Waals surface area contributed by atoms with Crippen molar-refractivity contribution in [3.8, 4) is 0 Å². The first kappa shape index (κ1) is 17.5. The van der Waals surface area contributed by atoms with Crippen LogP contribution in [0.2, 0.25) is 0 Å². The number of nitrogens with two attached hydrogens (primary N) is 1. The van der Waals surface area contributed by atoms with Crippen molar-refractivity contribution in [2.75, 3.05) is 6.54 Å². The molecule has 1 aliphatic carbocycles. The van der Waals surface area contributed by atoms with Crippen LogP contribution in [0.5, 0.6) is 0 Å². The van der Waals surface area contributed by atoms with Crippen LogP contribution in [0.3, 0.4) is 0 Å². The molecule has 0 aliphatic heterocycles. The highest BCUT2D eigenvalue weighted by molar-refractivity contribution is 7.89. The standard InChI is InChI=1S/C14H17N5O5S/c15-14(6-2-7-14)13-17-12(24-18-13)5-8-16-25(22,23)11-4-1-3-10(9-11)19(20)21/h1,3-4,9,16H,2,5-8,15H2. The second kappa shape index (κ2) is 6.50. The van der Waals surface area contributed by atoms with Gasteiger partial charge < -0.3 is 10.3 Å². The molecule has 25 heavy (non-hydrogen) atoms. The molecular formula is C14H17N5O5S. The Labute approximate surface area is 143 Å². The lowest BCUT2D eigenvalue weighted by Gasteiger charge is -2.34. The van der Waals surface area contributed by atoms with Crippen molar-refractivity contribution in [2.45, 2.75) is 36.1 Å². The minimum Gasteiger partial charge on any atom is -0.339 e. The fraction of sp³-hybridized carbons (Fsp3) is 0.429. The van der Waals surface area contributed by atoms with Crippen LogP contribution in [-0.4, -0.2) is 30.0 Å². The summed E-state index contributed by atoms with van der Waals surface area (Å²) >= 11 is 0. The summed E-state index contributed by atoms with van der Waals surface area (Å²) in [5, 5.41) is 14.6. The van der Waals surface area contributed by atoms with Crippen molar-refractivity contribution >= 4 is 15.7 Å². The molecule has 134 valence electrons. The normalized spacial score (nSPS) is 16.4. The first-order chi connectivity index (χ1) is 11.8. The van der Waals surface area contributed by atoms with Gasteiger partial charge in [-0.05, 0) is 25.3 Å². The van der Waals surface area contributed by atoms with Crippen LogP contribution >= 0.6 is 0 Å². The van der Waals surface area contributed by atoms with Crippen molar-refractivity contribution in [1.82, 2.24) is 14.9 Å². The highest BCUT2D eigenvalue weighted by atomic mass is 32.2. The van der Waals surface area contributed by atoms with Crippen LogP contribution < -0.4 is 10.5 Å². The molecule has 0 saturated heterocycles. The molecular weight excluding hydrogens is 350 g/mol. The lowest BCUT2D eigenvalue weighted by Crippen LogP contribution is -2.44. The third-order valence-corrected chi connectivity index (χ3v) is 5.59. The summed E-state index contributed by atoms with van der Waals surface area (Å²) in [5.41, 5.74) is 5.27. The van der Waals surface area contributed by atoms with Crippen molar-refractivity contribution in [2.24, 2.45) is 5.73 Å². The van der Waals surface area contributed by atoms with Gasteiger partial charge in [0, 0.05) is 25.1 Å². The van der Waals surface area contributed by atoms with E-state index >= 15 is 0 Å². The quantitative estimate of drug-likeness (QED) is 0.539. The topological polar surface area (TPSA) is 154 Å². The molecule has 0 bridgehead atoms. The Bertz CT molecular complexity index is 891. The number of nitrogens with one attached hydrogen (secondary N) is 1.